The van der Waals surface area contributed by atoms with Gasteiger partial charge in [-0.15, -0.1) is 4.91 Å². The van der Waals surface area contributed by atoms with E-state index in [1.807, 2.05) is 30.3 Å². The van der Waals surface area contributed by atoms with E-state index in [4.69, 9.17) is 9.47 Å². The van der Waals surface area contributed by atoms with Crippen LogP contribution in [-0.2, 0) is 6.61 Å². The minimum absolute atomic E-state index is 0.0314. The fourth-order valence-electron chi connectivity index (χ4n) is 1.75. The van der Waals surface area contributed by atoms with E-state index < -0.39 is 0 Å². The van der Waals surface area contributed by atoms with Crippen molar-refractivity contribution >= 4 is 12.0 Å². The maximum Gasteiger partial charge on any atom is 0.163 e. The number of ether oxygens (including phenoxy) is 2. The van der Waals surface area contributed by atoms with Crippen molar-refractivity contribution in [3.63, 3.8) is 0 Å². The van der Waals surface area contributed by atoms with Gasteiger partial charge in [-0.2, -0.15) is 0 Å². The van der Waals surface area contributed by atoms with Crippen LogP contribution in [-0.4, -0.2) is 13.4 Å². The molecule has 0 aliphatic heterocycles. The maximum atomic E-state index is 10.9. The lowest BCUT2D eigenvalue weighted by molar-refractivity contribution is 0.112. The zero-order valence-electron chi connectivity index (χ0n) is 10.9. The molecule has 0 amide bonds. The molecule has 0 atom stereocenters. The second kappa shape index (κ2) is 6.47. The van der Waals surface area contributed by atoms with E-state index >= 15 is 0 Å². The Kier molecular flexibility index (Phi) is 4.44. The molecule has 2 aromatic rings. The SMILES string of the molecule is COc1cc(N=O)c(C=O)cc1OCc1ccccc1. The van der Waals surface area contributed by atoms with Crippen LogP contribution >= 0.6 is 0 Å². The highest BCUT2D eigenvalue weighted by Crippen LogP contribution is 2.34. The quantitative estimate of drug-likeness (QED) is 0.596. The summed E-state index contributed by atoms with van der Waals surface area (Å²) in [5, 5.41) is 2.79. The number of hydrogen-bond acceptors (Lipinski definition) is 5. The molecule has 0 saturated heterocycles. The van der Waals surface area contributed by atoms with Gasteiger partial charge >= 0.3 is 0 Å². The van der Waals surface area contributed by atoms with E-state index in [0.29, 0.717) is 24.4 Å². The molecule has 102 valence electrons. The van der Waals surface area contributed by atoms with Crippen LogP contribution in [0.3, 0.4) is 0 Å². The molecular weight excluding hydrogens is 258 g/mol. The monoisotopic (exact) mass is 271 g/mol. The van der Waals surface area contributed by atoms with Crippen LogP contribution in [0.25, 0.3) is 0 Å². The number of nitrogens with zero attached hydrogens (tertiary/aromatic N) is 1. The van der Waals surface area contributed by atoms with Crippen LogP contribution in [0.5, 0.6) is 11.5 Å². The van der Waals surface area contributed by atoms with E-state index in [1.54, 1.807) is 0 Å². The van der Waals surface area contributed by atoms with Gasteiger partial charge in [-0.1, -0.05) is 30.3 Å². The number of carbonyl (C=O) groups excluding carboxylic acids is 1. The molecule has 2 rings (SSSR count). The summed E-state index contributed by atoms with van der Waals surface area (Å²) in [4.78, 5) is 21.6. The van der Waals surface area contributed by atoms with E-state index in [-0.39, 0.29) is 11.3 Å². The first kappa shape index (κ1) is 13.7. The van der Waals surface area contributed by atoms with Crippen LogP contribution in [0.15, 0.2) is 47.6 Å². The third kappa shape index (κ3) is 3.00. The number of rotatable bonds is 6. The van der Waals surface area contributed by atoms with Crippen LogP contribution in [0.2, 0.25) is 0 Å². The predicted molar refractivity (Wildman–Crippen MR) is 74.6 cm³/mol. The summed E-state index contributed by atoms with van der Waals surface area (Å²) >= 11 is 0. The average molecular weight is 271 g/mol. The predicted octanol–water partition coefficient (Wildman–Crippen LogP) is 3.48. The Morgan fingerprint density at radius 2 is 1.90 bits per heavy atom. The number of carbonyl (C=O) groups is 1. The van der Waals surface area contributed by atoms with Gasteiger partial charge in [0.25, 0.3) is 0 Å². The molecule has 5 nitrogen and oxygen atoms in total. The second-order valence-electron chi connectivity index (χ2n) is 4.05. The summed E-state index contributed by atoms with van der Waals surface area (Å²) in [5.74, 6) is 0.756. The zero-order valence-corrected chi connectivity index (χ0v) is 10.9. The lowest BCUT2D eigenvalue weighted by atomic mass is 10.1. The van der Waals surface area contributed by atoms with Crippen LogP contribution in [0, 0.1) is 4.91 Å². The van der Waals surface area contributed by atoms with Crippen molar-refractivity contribution < 1.29 is 14.3 Å². The summed E-state index contributed by atoms with van der Waals surface area (Å²) < 4.78 is 10.8. The third-order valence-electron chi connectivity index (χ3n) is 2.78. The Morgan fingerprint density at radius 1 is 1.15 bits per heavy atom. The minimum Gasteiger partial charge on any atom is -0.493 e. The van der Waals surface area contributed by atoms with Gasteiger partial charge in [0.15, 0.2) is 17.8 Å². The highest BCUT2D eigenvalue weighted by Gasteiger charge is 2.12. The summed E-state index contributed by atoms with van der Waals surface area (Å²) in [6.45, 7) is 0.337. The summed E-state index contributed by atoms with van der Waals surface area (Å²) in [6.07, 6.45) is 0.561. The highest BCUT2D eigenvalue weighted by atomic mass is 16.5. The van der Waals surface area contributed by atoms with Gasteiger partial charge in [0.1, 0.15) is 12.3 Å². The van der Waals surface area contributed by atoms with Crippen molar-refractivity contribution in [2.75, 3.05) is 7.11 Å². The molecule has 2 aromatic carbocycles. The normalized spacial score (nSPS) is 9.85. The van der Waals surface area contributed by atoms with E-state index in [1.165, 1.54) is 19.2 Å². The fourth-order valence-corrected chi connectivity index (χ4v) is 1.75. The zero-order chi connectivity index (χ0) is 14.4. The molecule has 0 bridgehead atoms. The lowest BCUT2D eigenvalue weighted by Crippen LogP contribution is -1.98. The van der Waals surface area contributed by atoms with E-state index in [2.05, 4.69) is 5.18 Å². The second-order valence-corrected chi connectivity index (χ2v) is 4.05. The number of methoxy groups -OCH3 is 1. The molecule has 0 heterocycles. The van der Waals surface area contributed by atoms with Crippen LogP contribution in [0.4, 0.5) is 5.69 Å². The Bertz CT molecular complexity index is 611. The summed E-state index contributed by atoms with van der Waals surface area (Å²) in [7, 11) is 1.46. The molecule has 0 saturated carbocycles. The molecule has 20 heavy (non-hydrogen) atoms. The average Bonchev–Trinajstić information content (AvgIpc) is 2.52. The summed E-state index contributed by atoms with van der Waals surface area (Å²) in [6, 6.07) is 12.4. The van der Waals surface area contributed by atoms with Crippen molar-refractivity contribution in [2.45, 2.75) is 6.61 Å². The van der Waals surface area contributed by atoms with Gasteiger partial charge in [0, 0.05) is 11.6 Å². The molecule has 5 heteroatoms. The number of benzene rings is 2. The Morgan fingerprint density at radius 3 is 2.50 bits per heavy atom. The first-order chi connectivity index (χ1) is 9.78. The summed E-state index contributed by atoms with van der Waals surface area (Å²) in [5.41, 5.74) is 1.19. The van der Waals surface area contributed by atoms with Crippen LogP contribution in [0.1, 0.15) is 15.9 Å². The van der Waals surface area contributed by atoms with Crippen molar-refractivity contribution in [1.82, 2.24) is 0 Å². The molecule has 0 N–H and O–H groups in total. The Hall–Kier alpha value is -2.69. The molecule has 0 aromatic heterocycles. The minimum atomic E-state index is 0.0314. The van der Waals surface area contributed by atoms with Gasteiger partial charge in [-0.25, -0.2) is 0 Å². The van der Waals surface area contributed by atoms with Crippen molar-refractivity contribution in [3.05, 3.63) is 58.5 Å². The topological polar surface area (TPSA) is 65.0 Å². The molecule has 0 radical (unpaired) electrons. The highest BCUT2D eigenvalue weighted by molar-refractivity contribution is 5.84. The number of hydrogen-bond donors (Lipinski definition) is 0. The number of nitroso groups, excluding NO2 is 1. The van der Waals surface area contributed by atoms with E-state index in [9.17, 15) is 9.70 Å². The van der Waals surface area contributed by atoms with Gasteiger partial charge in [0.2, 0.25) is 0 Å². The Balaban J connectivity index is 2.26. The van der Waals surface area contributed by atoms with Crippen LogP contribution < -0.4 is 9.47 Å². The Labute approximate surface area is 116 Å². The van der Waals surface area contributed by atoms with E-state index in [0.717, 1.165) is 5.56 Å². The van der Waals surface area contributed by atoms with Crippen molar-refractivity contribution in [2.24, 2.45) is 5.18 Å². The van der Waals surface area contributed by atoms with Crippen molar-refractivity contribution in [3.8, 4) is 11.5 Å². The molecule has 0 spiro atoms. The molecule has 0 aliphatic rings. The first-order valence-corrected chi connectivity index (χ1v) is 5.95. The van der Waals surface area contributed by atoms with Gasteiger partial charge in [0.05, 0.1) is 7.11 Å². The maximum absolute atomic E-state index is 10.9. The van der Waals surface area contributed by atoms with Gasteiger partial charge in [-0.05, 0) is 16.8 Å². The third-order valence-corrected chi connectivity index (χ3v) is 2.78. The fraction of sp³-hybridized carbons (Fsp3) is 0.133. The number of aldehydes is 1. The largest absolute Gasteiger partial charge is 0.493 e. The molecular formula is C15H13NO4. The van der Waals surface area contributed by atoms with Gasteiger partial charge in [-0.3, -0.25) is 4.79 Å². The smallest absolute Gasteiger partial charge is 0.163 e. The standard InChI is InChI=1S/C15H13NO4/c1-19-14-8-13(16-18)12(9-17)7-15(14)20-10-11-5-3-2-4-6-11/h2-9H,10H2,1H3. The molecule has 0 fully saturated rings. The first-order valence-electron chi connectivity index (χ1n) is 5.95. The lowest BCUT2D eigenvalue weighted by Gasteiger charge is -2.12. The van der Waals surface area contributed by atoms with Gasteiger partial charge < -0.3 is 9.47 Å². The molecule has 0 unspecified atom stereocenters. The molecule has 0 aliphatic carbocycles. The van der Waals surface area contributed by atoms with Crippen molar-refractivity contribution in [1.29, 1.82) is 0 Å².